The topological polar surface area (TPSA) is 46.6 Å². The van der Waals surface area contributed by atoms with Crippen LogP contribution in [0.15, 0.2) is 18.2 Å². The number of fused-ring (bicyclic) bond motifs is 1. The number of esters is 1. The number of carbonyl (C=O) groups is 2. The minimum atomic E-state index is -0.308. The second-order valence-electron chi connectivity index (χ2n) is 4.04. The molecule has 0 N–H and O–H groups in total. The van der Waals surface area contributed by atoms with Crippen LogP contribution in [-0.4, -0.2) is 31.4 Å². The van der Waals surface area contributed by atoms with E-state index in [1.54, 1.807) is 30.0 Å². The maximum absolute atomic E-state index is 11.8. The molecule has 0 amide bonds. The van der Waals surface area contributed by atoms with Crippen LogP contribution in [0.5, 0.6) is 0 Å². The second-order valence-corrected chi connectivity index (χ2v) is 4.44. The summed E-state index contributed by atoms with van der Waals surface area (Å²) in [6.45, 7) is 2.73. The Bertz CT molecular complexity index is 487. The summed E-state index contributed by atoms with van der Waals surface area (Å²) < 4.78 is 4.92. The number of ketones is 1. The molecule has 1 aromatic rings. The number of carbonyl (C=O) groups excluding carboxylic acids is 2. The van der Waals surface area contributed by atoms with Gasteiger partial charge >= 0.3 is 5.97 Å². The van der Waals surface area contributed by atoms with Crippen molar-refractivity contribution in [3.8, 4) is 0 Å². The normalized spacial score (nSPS) is 14.3. The molecule has 0 radical (unpaired) electrons. The summed E-state index contributed by atoms with van der Waals surface area (Å²) in [6, 6.07) is 5.20. The summed E-state index contributed by atoms with van der Waals surface area (Å²) in [4.78, 5) is 25.1. The van der Waals surface area contributed by atoms with E-state index in [0.29, 0.717) is 35.8 Å². The number of hydrogen-bond donors (Lipinski definition) is 0. The lowest BCUT2D eigenvalue weighted by Gasteiger charge is -2.30. The molecule has 0 atom stereocenters. The van der Waals surface area contributed by atoms with Gasteiger partial charge in [-0.15, -0.1) is 0 Å². The standard InChI is InChI=1S/C13H14ClNO3/c1-2-18-12(17)8-15-7-6-11(16)9-4-3-5-10(14)13(9)15/h3-5H,2,6-8H2,1H3. The molecule has 0 aromatic heterocycles. The van der Waals surface area contributed by atoms with Crippen molar-refractivity contribution in [3.05, 3.63) is 28.8 Å². The van der Waals surface area contributed by atoms with Gasteiger partial charge in [0.05, 0.1) is 17.3 Å². The molecule has 1 aliphatic rings. The molecular formula is C13H14ClNO3. The monoisotopic (exact) mass is 267 g/mol. The number of halogens is 1. The molecule has 5 heteroatoms. The highest BCUT2D eigenvalue weighted by Crippen LogP contribution is 2.33. The molecule has 1 aliphatic heterocycles. The highest BCUT2D eigenvalue weighted by molar-refractivity contribution is 6.34. The first kappa shape index (κ1) is 12.9. The third kappa shape index (κ3) is 2.48. The molecule has 0 spiro atoms. The Balaban J connectivity index is 2.28. The maximum atomic E-state index is 11.8. The number of Topliss-reactive ketones (excluding diaryl/α,β-unsaturated/α-hetero) is 1. The Morgan fingerprint density at radius 2 is 2.28 bits per heavy atom. The van der Waals surface area contributed by atoms with Gasteiger partial charge in [-0.05, 0) is 19.1 Å². The third-order valence-corrected chi connectivity index (χ3v) is 3.14. The lowest BCUT2D eigenvalue weighted by molar-refractivity contribution is -0.141. The molecule has 4 nitrogen and oxygen atoms in total. The summed E-state index contributed by atoms with van der Waals surface area (Å²) in [7, 11) is 0. The van der Waals surface area contributed by atoms with Gasteiger partial charge in [0.2, 0.25) is 0 Å². The summed E-state index contributed by atoms with van der Waals surface area (Å²) >= 11 is 6.12. The number of hydrogen-bond acceptors (Lipinski definition) is 4. The first-order valence-electron chi connectivity index (χ1n) is 5.85. The predicted molar refractivity (Wildman–Crippen MR) is 69.2 cm³/mol. The van der Waals surface area contributed by atoms with Gasteiger partial charge in [-0.25, -0.2) is 0 Å². The average molecular weight is 268 g/mol. The van der Waals surface area contributed by atoms with Crippen LogP contribution < -0.4 is 4.90 Å². The van der Waals surface area contributed by atoms with Crippen molar-refractivity contribution in [3.63, 3.8) is 0 Å². The van der Waals surface area contributed by atoms with Crippen LogP contribution in [0.4, 0.5) is 5.69 Å². The molecule has 0 saturated carbocycles. The van der Waals surface area contributed by atoms with Gasteiger partial charge in [0.25, 0.3) is 0 Å². The van der Waals surface area contributed by atoms with E-state index in [2.05, 4.69) is 0 Å². The Morgan fingerprint density at radius 1 is 1.50 bits per heavy atom. The van der Waals surface area contributed by atoms with E-state index in [1.807, 2.05) is 0 Å². The maximum Gasteiger partial charge on any atom is 0.325 e. The third-order valence-electron chi connectivity index (χ3n) is 2.84. The number of benzene rings is 1. The summed E-state index contributed by atoms with van der Waals surface area (Å²) in [5.74, 6) is -0.245. The van der Waals surface area contributed by atoms with E-state index in [9.17, 15) is 9.59 Å². The molecule has 2 rings (SSSR count). The molecule has 0 bridgehead atoms. The van der Waals surface area contributed by atoms with Crippen molar-refractivity contribution in [2.24, 2.45) is 0 Å². The van der Waals surface area contributed by atoms with Crippen molar-refractivity contribution >= 4 is 29.0 Å². The molecule has 0 fully saturated rings. The van der Waals surface area contributed by atoms with E-state index in [4.69, 9.17) is 16.3 Å². The quantitative estimate of drug-likeness (QED) is 0.789. The SMILES string of the molecule is CCOC(=O)CN1CCC(=O)c2cccc(Cl)c21. The van der Waals surface area contributed by atoms with Gasteiger partial charge in [0.15, 0.2) is 5.78 Å². The Kier molecular flexibility index (Phi) is 3.87. The van der Waals surface area contributed by atoms with E-state index in [-0.39, 0.29) is 18.3 Å². The van der Waals surface area contributed by atoms with Crippen LogP contribution in [-0.2, 0) is 9.53 Å². The smallest absolute Gasteiger partial charge is 0.325 e. The minimum absolute atomic E-state index is 0.0626. The molecule has 0 aliphatic carbocycles. The van der Waals surface area contributed by atoms with Gasteiger partial charge in [-0.2, -0.15) is 0 Å². The first-order chi connectivity index (χ1) is 8.63. The van der Waals surface area contributed by atoms with Crippen LogP contribution in [0.3, 0.4) is 0 Å². The van der Waals surface area contributed by atoms with Gasteiger partial charge < -0.3 is 9.64 Å². The Morgan fingerprint density at radius 3 is 3.00 bits per heavy atom. The molecule has 0 saturated heterocycles. The van der Waals surface area contributed by atoms with Gasteiger partial charge in [-0.3, -0.25) is 9.59 Å². The van der Waals surface area contributed by atoms with Gasteiger partial charge in [0, 0.05) is 18.5 Å². The molecule has 1 aromatic carbocycles. The van der Waals surface area contributed by atoms with Crippen LogP contribution in [0.2, 0.25) is 5.02 Å². The summed E-state index contributed by atoms with van der Waals surface area (Å²) in [5.41, 5.74) is 1.22. The second kappa shape index (κ2) is 5.40. The zero-order chi connectivity index (χ0) is 13.1. The highest BCUT2D eigenvalue weighted by atomic mass is 35.5. The molecule has 1 heterocycles. The molecular weight excluding hydrogens is 254 g/mol. The van der Waals surface area contributed by atoms with Crippen molar-refractivity contribution < 1.29 is 14.3 Å². The van der Waals surface area contributed by atoms with Crippen LogP contribution >= 0.6 is 11.6 Å². The van der Waals surface area contributed by atoms with Crippen molar-refractivity contribution in [2.75, 3.05) is 24.6 Å². The van der Waals surface area contributed by atoms with E-state index >= 15 is 0 Å². The number of rotatable bonds is 3. The number of anilines is 1. The van der Waals surface area contributed by atoms with Crippen LogP contribution in [0.25, 0.3) is 0 Å². The minimum Gasteiger partial charge on any atom is -0.465 e. The number of ether oxygens (including phenoxy) is 1. The summed E-state index contributed by atoms with van der Waals surface area (Å²) in [5, 5.41) is 0.491. The first-order valence-corrected chi connectivity index (χ1v) is 6.23. The lowest BCUT2D eigenvalue weighted by atomic mass is 10.0. The molecule has 18 heavy (non-hydrogen) atoms. The molecule has 0 unspecified atom stereocenters. The molecule has 96 valence electrons. The predicted octanol–water partition coefficient (Wildman–Crippen LogP) is 2.30. The van der Waals surface area contributed by atoms with E-state index in [1.165, 1.54) is 0 Å². The fourth-order valence-corrected chi connectivity index (χ4v) is 2.36. The lowest BCUT2D eigenvalue weighted by Crippen LogP contribution is -2.37. The Hall–Kier alpha value is -1.55. The highest BCUT2D eigenvalue weighted by Gasteiger charge is 2.26. The van der Waals surface area contributed by atoms with Crippen molar-refractivity contribution in [1.29, 1.82) is 0 Å². The van der Waals surface area contributed by atoms with Gasteiger partial charge in [0.1, 0.15) is 6.54 Å². The van der Waals surface area contributed by atoms with Crippen LogP contribution in [0.1, 0.15) is 23.7 Å². The zero-order valence-electron chi connectivity index (χ0n) is 10.1. The average Bonchev–Trinajstić information content (AvgIpc) is 2.33. The fraction of sp³-hybridized carbons (Fsp3) is 0.385. The Labute approximate surface area is 110 Å². The number of nitrogens with zero attached hydrogens (tertiary/aromatic N) is 1. The van der Waals surface area contributed by atoms with Crippen LogP contribution in [0, 0.1) is 0 Å². The largest absolute Gasteiger partial charge is 0.465 e. The van der Waals surface area contributed by atoms with E-state index in [0.717, 1.165) is 0 Å². The number of para-hydroxylation sites is 1. The zero-order valence-corrected chi connectivity index (χ0v) is 10.9. The fourth-order valence-electron chi connectivity index (χ4n) is 2.07. The van der Waals surface area contributed by atoms with Crippen molar-refractivity contribution in [2.45, 2.75) is 13.3 Å². The van der Waals surface area contributed by atoms with Gasteiger partial charge in [-0.1, -0.05) is 17.7 Å². The van der Waals surface area contributed by atoms with E-state index < -0.39 is 0 Å². The summed E-state index contributed by atoms with van der Waals surface area (Å²) in [6.07, 6.45) is 0.396. The van der Waals surface area contributed by atoms with Crippen molar-refractivity contribution in [1.82, 2.24) is 0 Å².